The Morgan fingerprint density at radius 1 is 1.13 bits per heavy atom. The third kappa shape index (κ3) is 8.40. The summed E-state index contributed by atoms with van der Waals surface area (Å²) in [4.78, 5) is 11.6. The van der Waals surface area contributed by atoms with E-state index in [-0.39, 0.29) is 37.6 Å². The highest BCUT2D eigenvalue weighted by Crippen LogP contribution is 2.25. The van der Waals surface area contributed by atoms with Gasteiger partial charge in [-0.3, -0.25) is 4.79 Å². The molecule has 170 valence electrons. The van der Waals surface area contributed by atoms with Gasteiger partial charge < -0.3 is 25.2 Å². The van der Waals surface area contributed by atoms with Gasteiger partial charge in [0.1, 0.15) is 24.2 Å². The minimum absolute atomic E-state index is 0. The molecule has 1 unspecified atom stereocenters. The Kier molecular flexibility index (Phi) is 10.6. The summed E-state index contributed by atoms with van der Waals surface area (Å²) >= 11 is 0. The molecule has 1 amide bonds. The second kappa shape index (κ2) is 13.2. The fourth-order valence-corrected chi connectivity index (χ4v) is 3.67. The molecule has 0 bridgehead atoms. The Morgan fingerprint density at radius 2 is 1.94 bits per heavy atom. The standard InChI is InChI=1S/C24H32N2O4.ClH/c1-2-25-24(28)17-30-23-12-11-18-7-6-8-20(13-19(18)14-23)26-15-21(27)16-29-22-9-4-3-5-10-22;/h3-5,9-12,14,20-21,26-27H,2,6-8,13,15-17H2,1H3,(H,25,28);1H/t20?,21-;/m0./s1. The maximum Gasteiger partial charge on any atom is 0.257 e. The van der Waals surface area contributed by atoms with Crippen LogP contribution in [-0.4, -0.2) is 49.5 Å². The van der Waals surface area contributed by atoms with Gasteiger partial charge in [0.15, 0.2) is 6.61 Å². The second-order valence-electron chi connectivity index (χ2n) is 7.65. The van der Waals surface area contributed by atoms with E-state index >= 15 is 0 Å². The zero-order chi connectivity index (χ0) is 21.2. The van der Waals surface area contributed by atoms with Crippen LogP contribution >= 0.6 is 12.4 Å². The first kappa shape index (κ1) is 25.0. The van der Waals surface area contributed by atoms with Gasteiger partial charge in [-0.05, 0) is 68.0 Å². The first-order valence-electron chi connectivity index (χ1n) is 10.7. The van der Waals surface area contributed by atoms with Gasteiger partial charge in [-0.1, -0.05) is 24.3 Å². The van der Waals surface area contributed by atoms with Crippen molar-refractivity contribution >= 4 is 18.3 Å². The second-order valence-corrected chi connectivity index (χ2v) is 7.65. The van der Waals surface area contributed by atoms with Gasteiger partial charge in [0.2, 0.25) is 0 Å². The van der Waals surface area contributed by atoms with Crippen LogP contribution in [0.1, 0.15) is 30.9 Å². The van der Waals surface area contributed by atoms with Crippen molar-refractivity contribution in [2.75, 3.05) is 26.3 Å². The Morgan fingerprint density at radius 3 is 2.71 bits per heavy atom. The molecule has 2 aromatic carbocycles. The van der Waals surface area contributed by atoms with Crippen LogP contribution < -0.4 is 20.1 Å². The van der Waals surface area contributed by atoms with Gasteiger partial charge in [-0.15, -0.1) is 12.4 Å². The van der Waals surface area contributed by atoms with E-state index in [1.54, 1.807) is 0 Å². The molecule has 0 radical (unpaired) electrons. The van der Waals surface area contributed by atoms with Crippen molar-refractivity contribution in [2.45, 2.75) is 44.8 Å². The number of nitrogens with one attached hydrogen (secondary N) is 2. The summed E-state index contributed by atoms with van der Waals surface area (Å²) in [5, 5.41) is 16.5. The zero-order valence-electron chi connectivity index (χ0n) is 18.0. The van der Waals surface area contributed by atoms with Gasteiger partial charge in [0.25, 0.3) is 5.91 Å². The molecule has 3 rings (SSSR count). The van der Waals surface area contributed by atoms with Crippen LogP contribution in [0.4, 0.5) is 0 Å². The topological polar surface area (TPSA) is 79.8 Å². The molecule has 2 atom stereocenters. The molecule has 0 saturated heterocycles. The first-order valence-corrected chi connectivity index (χ1v) is 10.7. The third-order valence-electron chi connectivity index (χ3n) is 5.21. The minimum atomic E-state index is -0.570. The molecule has 7 heteroatoms. The number of rotatable bonds is 10. The van der Waals surface area contributed by atoms with Crippen molar-refractivity contribution in [1.82, 2.24) is 10.6 Å². The van der Waals surface area contributed by atoms with Crippen LogP contribution in [-0.2, 0) is 17.6 Å². The molecular weight excluding hydrogens is 416 g/mol. The number of likely N-dealkylation sites (N-methyl/N-ethyl adjacent to an activating group) is 1. The quantitative estimate of drug-likeness (QED) is 0.487. The number of benzene rings is 2. The minimum Gasteiger partial charge on any atom is -0.491 e. The average Bonchev–Trinajstić information content (AvgIpc) is 2.97. The molecule has 0 heterocycles. The fraction of sp³-hybridized carbons (Fsp3) is 0.458. The number of halogens is 1. The van der Waals surface area contributed by atoms with Gasteiger partial charge in [0.05, 0.1) is 0 Å². The van der Waals surface area contributed by atoms with Crippen LogP contribution in [0.25, 0.3) is 0 Å². The van der Waals surface area contributed by atoms with Gasteiger partial charge in [-0.2, -0.15) is 0 Å². The number of para-hydroxylation sites is 1. The van der Waals surface area contributed by atoms with E-state index in [9.17, 15) is 9.90 Å². The molecule has 0 saturated carbocycles. The van der Waals surface area contributed by atoms with E-state index in [1.807, 2.05) is 49.4 Å². The molecule has 2 aromatic rings. The molecule has 0 fully saturated rings. The highest BCUT2D eigenvalue weighted by Gasteiger charge is 2.18. The number of hydrogen-bond donors (Lipinski definition) is 3. The molecule has 0 aliphatic heterocycles. The van der Waals surface area contributed by atoms with Crippen molar-refractivity contribution in [2.24, 2.45) is 0 Å². The average molecular weight is 449 g/mol. The van der Waals surface area contributed by atoms with E-state index in [0.29, 0.717) is 13.1 Å². The number of hydrogen-bond acceptors (Lipinski definition) is 5. The molecule has 31 heavy (non-hydrogen) atoms. The lowest BCUT2D eigenvalue weighted by Gasteiger charge is -2.20. The summed E-state index contributed by atoms with van der Waals surface area (Å²) < 4.78 is 11.3. The van der Waals surface area contributed by atoms with Crippen LogP contribution in [0.2, 0.25) is 0 Å². The van der Waals surface area contributed by atoms with Crippen molar-refractivity contribution in [3.63, 3.8) is 0 Å². The lowest BCUT2D eigenvalue weighted by atomic mass is 10.0. The summed E-state index contributed by atoms with van der Waals surface area (Å²) in [5.74, 6) is 1.37. The summed E-state index contributed by atoms with van der Waals surface area (Å²) in [5.41, 5.74) is 2.58. The summed E-state index contributed by atoms with van der Waals surface area (Å²) in [6.07, 6.45) is 3.49. The molecule has 0 aromatic heterocycles. The van der Waals surface area contributed by atoms with E-state index in [2.05, 4.69) is 16.7 Å². The number of carbonyl (C=O) groups is 1. The molecule has 1 aliphatic carbocycles. The third-order valence-corrected chi connectivity index (χ3v) is 5.21. The van der Waals surface area contributed by atoms with Gasteiger partial charge in [0, 0.05) is 19.1 Å². The number of aryl methyl sites for hydroxylation is 1. The van der Waals surface area contributed by atoms with Crippen molar-refractivity contribution in [3.8, 4) is 11.5 Å². The Labute approximate surface area is 190 Å². The van der Waals surface area contributed by atoms with E-state index in [0.717, 1.165) is 37.2 Å². The predicted molar refractivity (Wildman–Crippen MR) is 124 cm³/mol. The van der Waals surface area contributed by atoms with Crippen LogP contribution in [0.3, 0.4) is 0 Å². The Balaban J connectivity index is 0.00000341. The Hall–Kier alpha value is -2.28. The molecule has 6 nitrogen and oxygen atoms in total. The van der Waals surface area contributed by atoms with Crippen LogP contribution in [0.5, 0.6) is 11.5 Å². The highest BCUT2D eigenvalue weighted by atomic mass is 35.5. The SMILES string of the molecule is CCNC(=O)COc1ccc2c(c1)CC(NC[C@H](O)COc1ccccc1)CCC2.Cl. The first-order chi connectivity index (χ1) is 14.6. The van der Waals surface area contributed by atoms with Gasteiger partial charge in [-0.25, -0.2) is 0 Å². The largest absolute Gasteiger partial charge is 0.491 e. The fourth-order valence-electron chi connectivity index (χ4n) is 3.67. The predicted octanol–water partition coefficient (Wildman–Crippen LogP) is 2.90. The smallest absolute Gasteiger partial charge is 0.257 e. The maximum atomic E-state index is 11.6. The zero-order valence-corrected chi connectivity index (χ0v) is 18.8. The van der Waals surface area contributed by atoms with Crippen LogP contribution in [0.15, 0.2) is 48.5 Å². The monoisotopic (exact) mass is 448 g/mol. The number of fused-ring (bicyclic) bond motifs is 1. The maximum absolute atomic E-state index is 11.6. The highest BCUT2D eigenvalue weighted by molar-refractivity contribution is 5.85. The number of amides is 1. The normalized spacial score (nSPS) is 16.3. The van der Waals surface area contributed by atoms with Crippen LogP contribution in [0, 0.1) is 0 Å². The molecular formula is C24H33ClN2O4. The molecule has 3 N–H and O–H groups in total. The van der Waals surface area contributed by atoms with E-state index in [4.69, 9.17) is 9.47 Å². The van der Waals surface area contributed by atoms with Gasteiger partial charge >= 0.3 is 0 Å². The lowest BCUT2D eigenvalue weighted by Crippen LogP contribution is -2.39. The number of carbonyl (C=O) groups excluding carboxylic acids is 1. The van der Waals surface area contributed by atoms with Crippen molar-refractivity contribution < 1.29 is 19.4 Å². The number of aliphatic hydroxyl groups is 1. The lowest BCUT2D eigenvalue weighted by molar-refractivity contribution is -0.122. The van der Waals surface area contributed by atoms with Crippen molar-refractivity contribution in [3.05, 3.63) is 59.7 Å². The van der Waals surface area contributed by atoms with E-state index < -0.39 is 6.10 Å². The number of aliphatic hydroxyl groups excluding tert-OH is 1. The van der Waals surface area contributed by atoms with Crippen molar-refractivity contribution in [1.29, 1.82) is 0 Å². The summed E-state index contributed by atoms with van der Waals surface area (Å²) in [7, 11) is 0. The van der Waals surface area contributed by atoms with E-state index in [1.165, 1.54) is 11.1 Å². The Bertz CT molecular complexity index is 803. The summed E-state index contributed by atoms with van der Waals surface area (Å²) in [6, 6.07) is 15.9. The molecule has 0 spiro atoms. The summed E-state index contributed by atoms with van der Waals surface area (Å²) in [6.45, 7) is 3.26. The molecule has 1 aliphatic rings. The number of ether oxygens (including phenoxy) is 2.